The molecule has 0 saturated carbocycles. The highest BCUT2D eigenvalue weighted by atomic mass is 16.2. The first-order chi connectivity index (χ1) is 9.88. The van der Waals surface area contributed by atoms with Gasteiger partial charge in [0.1, 0.15) is 6.54 Å². The summed E-state index contributed by atoms with van der Waals surface area (Å²) >= 11 is 0. The van der Waals surface area contributed by atoms with E-state index in [1.54, 1.807) is 4.68 Å². The van der Waals surface area contributed by atoms with Crippen LogP contribution in [0.25, 0.3) is 0 Å². The first-order valence-corrected chi connectivity index (χ1v) is 7.24. The molecule has 0 unspecified atom stereocenters. The number of nitrogens with two attached hydrogens (primary N) is 2. The predicted octanol–water partition coefficient (Wildman–Crippen LogP) is 0.196. The van der Waals surface area contributed by atoms with E-state index in [0.717, 1.165) is 24.2 Å². The van der Waals surface area contributed by atoms with E-state index in [4.69, 9.17) is 11.5 Å². The third-order valence-corrected chi connectivity index (χ3v) is 4.18. The summed E-state index contributed by atoms with van der Waals surface area (Å²) in [6, 6.07) is 0. The van der Waals surface area contributed by atoms with E-state index in [1.807, 2.05) is 18.7 Å². The first-order valence-electron chi connectivity index (χ1n) is 7.24. The van der Waals surface area contributed by atoms with E-state index < -0.39 is 0 Å². The number of primary amides is 1. The summed E-state index contributed by atoms with van der Waals surface area (Å²) < 4.78 is 1.66. The molecule has 1 saturated heterocycles. The summed E-state index contributed by atoms with van der Waals surface area (Å²) in [5.41, 5.74) is 13.3. The van der Waals surface area contributed by atoms with E-state index in [-0.39, 0.29) is 18.4 Å². The second-order valence-corrected chi connectivity index (χ2v) is 5.74. The molecule has 2 amide bonds. The molecule has 21 heavy (non-hydrogen) atoms. The number of hydrogen-bond acceptors (Lipinski definition) is 4. The van der Waals surface area contributed by atoms with Crippen molar-refractivity contribution in [2.75, 3.05) is 18.8 Å². The number of rotatable bonds is 4. The van der Waals surface area contributed by atoms with Crippen LogP contribution in [0, 0.1) is 19.8 Å². The Morgan fingerprint density at radius 3 is 2.38 bits per heavy atom. The highest BCUT2D eigenvalue weighted by Crippen LogP contribution is 2.21. The Hall–Kier alpha value is -2.05. The second-order valence-electron chi connectivity index (χ2n) is 5.74. The van der Waals surface area contributed by atoms with Gasteiger partial charge in [-0.15, -0.1) is 0 Å². The van der Waals surface area contributed by atoms with E-state index in [0.29, 0.717) is 31.1 Å². The van der Waals surface area contributed by atoms with Crippen LogP contribution >= 0.6 is 0 Å². The molecule has 0 aliphatic carbocycles. The lowest BCUT2D eigenvalue weighted by Crippen LogP contribution is -2.41. The predicted molar refractivity (Wildman–Crippen MR) is 79.2 cm³/mol. The molecule has 4 N–H and O–H groups in total. The zero-order valence-electron chi connectivity index (χ0n) is 12.6. The molecule has 0 bridgehead atoms. The maximum atomic E-state index is 12.3. The highest BCUT2D eigenvalue weighted by Gasteiger charge is 2.24. The van der Waals surface area contributed by atoms with Crippen LogP contribution in [-0.4, -0.2) is 39.6 Å². The molecule has 7 heteroatoms. The number of aryl methyl sites for hydroxylation is 1. The van der Waals surface area contributed by atoms with Gasteiger partial charge in [0.05, 0.1) is 17.1 Å². The van der Waals surface area contributed by atoms with Crippen LogP contribution in [-0.2, 0) is 16.1 Å². The summed E-state index contributed by atoms with van der Waals surface area (Å²) in [5.74, 6) is 0.0758. The zero-order valence-corrected chi connectivity index (χ0v) is 12.6. The van der Waals surface area contributed by atoms with Crippen molar-refractivity contribution in [3.05, 3.63) is 11.4 Å². The van der Waals surface area contributed by atoms with Crippen molar-refractivity contribution in [2.45, 2.75) is 39.7 Å². The molecule has 2 rings (SSSR count). The molecule has 1 fully saturated rings. The lowest BCUT2D eigenvalue weighted by Gasteiger charge is -2.31. The van der Waals surface area contributed by atoms with Gasteiger partial charge in [0, 0.05) is 19.5 Å². The summed E-state index contributed by atoms with van der Waals surface area (Å²) in [6.45, 7) is 5.25. The molecule has 0 spiro atoms. The SMILES string of the molecule is Cc1nn(CC(=O)N2CCC(CC(N)=O)CC2)c(C)c1N. The Morgan fingerprint density at radius 1 is 1.29 bits per heavy atom. The van der Waals surface area contributed by atoms with E-state index in [1.165, 1.54) is 0 Å². The number of nitrogen functional groups attached to an aromatic ring is 1. The fourth-order valence-corrected chi connectivity index (χ4v) is 2.76. The normalized spacial score (nSPS) is 16.2. The van der Waals surface area contributed by atoms with Gasteiger partial charge in [-0.3, -0.25) is 14.3 Å². The van der Waals surface area contributed by atoms with Gasteiger partial charge in [0.2, 0.25) is 11.8 Å². The molecule has 1 aliphatic heterocycles. The Kier molecular flexibility index (Phi) is 4.50. The largest absolute Gasteiger partial charge is 0.396 e. The third-order valence-electron chi connectivity index (χ3n) is 4.18. The minimum atomic E-state index is -0.266. The maximum Gasteiger partial charge on any atom is 0.244 e. The number of likely N-dealkylation sites (tertiary alicyclic amines) is 1. The molecule has 1 aromatic heterocycles. The van der Waals surface area contributed by atoms with Crippen LogP contribution in [0.1, 0.15) is 30.7 Å². The molecule has 1 aromatic rings. The summed E-state index contributed by atoms with van der Waals surface area (Å²) in [5, 5.41) is 4.28. The summed E-state index contributed by atoms with van der Waals surface area (Å²) in [4.78, 5) is 25.0. The van der Waals surface area contributed by atoms with Crippen molar-refractivity contribution >= 4 is 17.5 Å². The fraction of sp³-hybridized carbons (Fsp3) is 0.643. The highest BCUT2D eigenvalue weighted by molar-refractivity contribution is 5.76. The molecular formula is C14H23N5O2. The lowest BCUT2D eigenvalue weighted by atomic mass is 9.93. The molecule has 2 heterocycles. The number of carbonyl (C=O) groups is 2. The molecule has 0 aromatic carbocycles. The van der Waals surface area contributed by atoms with E-state index in [9.17, 15) is 9.59 Å². The Morgan fingerprint density at radius 2 is 1.90 bits per heavy atom. The Balaban J connectivity index is 1.90. The van der Waals surface area contributed by atoms with Crippen molar-refractivity contribution in [1.82, 2.24) is 14.7 Å². The number of piperidine rings is 1. The second kappa shape index (κ2) is 6.15. The third kappa shape index (κ3) is 3.53. The number of amides is 2. The molecule has 1 aliphatic rings. The van der Waals surface area contributed by atoms with Crippen molar-refractivity contribution in [1.29, 1.82) is 0 Å². The number of nitrogens with zero attached hydrogens (tertiary/aromatic N) is 3. The number of aromatic nitrogens is 2. The molecular weight excluding hydrogens is 270 g/mol. The van der Waals surface area contributed by atoms with Crippen molar-refractivity contribution in [3.8, 4) is 0 Å². The van der Waals surface area contributed by atoms with E-state index >= 15 is 0 Å². The van der Waals surface area contributed by atoms with Crippen molar-refractivity contribution < 1.29 is 9.59 Å². The van der Waals surface area contributed by atoms with Crippen LogP contribution in [0.4, 0.5) is 5.69 Å². The average Bonchev–Trinajstić information content (AvgIpc) is 2.66. The summed E-state index contributed by atoms with van der Waals surface area (Å²) in [7, 11) is 0. The zero-order chi connectivity index (χ0) is 15.6. The standard InChI is InChI=1S/C14H23N5O2/c1-9-14(16)10(2)19(17-9)8-13(21)18-5-3-11(4-6-18)7-12(15)20/h11H,3-8,16H2,1-2H3,(H2,15,20). The molecule has 7 nitrogen and oxygen atoms in total. The fourth-order valence-electron chi connectivity index (χ4n) is 2.76. The van der Waals surface area contributed by atoms with Gasteiger partial charge >= 0.3 is 0 Å². The van der Waals surface area contributed by atoms with Gasteiger partial charge in [-0.2, -0.15) is 5.10 Å². The van der Waals surface area contributed by atoms with Crippen LogP contribution < -0.4 is 11.5 Å². The van der Waals surface area contributed by atoms with Crippen molar-refractivity contribution in [2.24, 2.45) is 11.7 Å². The smallest absolute Gasteiger partial charge is 0.244 e. The maximum absolute atomic E-state index is 12.3. The first kappa shape index (κ1) is 15.3. The average molecular weight is 293 g/mol. The van der Waals surface area contributed by atoms with Gasteiger partial charge in [0.25, 0.3) is 0 Å². The minimum Gasteiger partial charge on any atom is -0.396 e. The molecule has 0 radical (unpaired) electrons. The topological polar surface area (TPSA) is 107 Å². The number of hydrogen-bond donors (Lipinski definition) is 2. The van der Waals surface area contributed by atoms with Crippen molar-refractivity contribution in [3.63, 3.8) is 0 Å². The number of anilines is 1. The number of carbonyl (C=O) groups excluding carboxylic acids is 2. The summed E-state index contributed by atoms with van der Waals surface area (Å²) in [6.07, 6.45) is 2.07. The molecule has 116 valence electrons. The van der Waals surface area contributed by atoms with Gasteiger partial charge in [-0.25, -0.2) is 0 Å². The monoisotopic (exact) mass is 293 g/mol. The van der Waals surface area contributed by atoms with Crippen LogP contribution in [0.15, 0.2) is 0 Å². The minimum absolute atomic E-state index is 0.0399. The quantitative estimate of drug-likeness (QED) is 0.826. The van der Waals surface area contributed by atoms with Crippen LogP contribution in [0.5, 0.6) is 0 Å². The Labute approximate surface area is 124 Å². The lowest BCUT2D eigenvalue weighted by molar-refractivity contribution is -0.133. The van der Waals surface area contributed by atoms with Gasteiger partial charge in [-0.05, 0) is 32.6 Å². The Bertz CT molecular complexity index is 544. The van der Waals surface area contributed by atoms with Crippen LogP contribution in [0.3, 0.4) is 0 Å². The molecule has 0 atom stereocenters. The van der Waals surface area contributed by atoms with E-state index in [2.05, 4.69) is 5.10 Å². The van der Waals surface area contributed by atoms with Gasteiger partial charge < -0.3 is 16.4 Å². The van der Waals surface area contributed by atoms with Gasteiger partial charge in [-0.1, -0.05) is 0 Å². The van der Waals surface area contributed by atoms with Gasteiger partial charge in [0.15, 0.2) is 0 Å². The van der Waals surface area contributed by atoms with Crippen LogP contribution in [0.2, 0.25) is 0 Å².